The van der Waals surface area contributed by atoms with Crippen LogP contribution < -0.4 is 45.0 Å². The Hall–Kier alpha value is -3.75. The molecule has 0 atom stereocenters. The Balaban J connectivity index is -0.000000623. The highest BCUT2D eigenvalue weighted by molar-refractivity contribution is 6.06. The highest BCUT2D eigenvalue weighted by Crippen LogP contribution is 2.27. The van der Waals surface area contributed by atoms with Crippen molar-refractivity contribution in [3.63, 3.8) is 0 Å². The van der Waals surface area contributed by atoms with Gasteiger partial charge in [0.2, 0.25) is 17.8 Å². The van der Waals surface area contributed by atoms with Crippen molar-refractivity contribution in [3.8, 4) is 5.75 Å². The molecule has 0 radical (unpaired) electrons. The van der Waals surface area contributed by atoms with Crippen LogP contribution in [0.15, 0.2) is 36.4 Å². The topological polar surface area (TPSA) is 247 Å². The summed E-state index contributed by atoms with van der Waals surface area (Å²) in [6.45, 7) is 7.66. The Bertz CT molecular complexity index is 1270. The molecule has 1 aromatic heterocycles. The van der Waals surface area contributed by atoms with E-state index in [-0.39, 0.29) is 59.9 Å². The first-order valence-corrected chi connectivity index (χ1v) is 13.2. The number of benzene rings is 2. The van der Waals surface area contributed by atoms with E-state index in [9.17, 15) is 9.90 Å². The number of aryl methyl sites for hydroxylation is 2. The smallest absolute Gasteiger partial charge is 0.259 e. The molecule has 2 aliphatic heterocycles. The number of carbonyl (C=O) groups is 1. The van der Waals surface area contributed by atoms with Crippen LogP contribution in [0.25, 0.3) is 0 Å². The summed E-state index contributed by atoms with van der Waals surface area (Å²) in [5, 5.41) is 16.4. The number of carbonyl (C=O) groups excluding carboxylic acids is 1. The number of hydrogen-bond acceptors (Lipinski definition) is 12. The molecule has 14 heteroatoms. The van der Waals surface area contributed by atoms with E-state index in [0.717, 1.165) is 80.6 Å². The molecule has 0 bridgehead atoms. The molecular formula is C28H56ClN11O2. The zero-order valence-corrected chi connectivity index (χ0v) is 25.7. The Kier molecular flexibility index (Phi) is 15.7. The van der Waals surface area contributed by atoms with Crippen LogP contribution in [0, 0.1) is 13.8 Å². The van der Waals surface area contributed by atoms with Gasteiger partial charge in [-0.15, -0.1) is 12.4 Å². The quantitative estimate of drug-likeness (QED) is 0.145. The Morgan fingerprint density at radius 2 is 1.33 bits per heavy atom. The number of phenols is 1. The number of phenolic OH excluding ortho intramolecular Hbond substituents is 1. The molecule has 2 aliphatic rings. The monoisotopic (exact) mass is 613 g/mol. The lowest BCUT2D eigenvalue weighted by Crippen LogP contribution is -2.34. The predicted octanol–water partition coefficient (Wildman–Crippen LogP) is 7.22. The van der Waals surface area contributed by atoms with Crippen molar-refractivity contribution in [2.24, 2.45) is 0 Å². The molecule has 42 heavy (non-hydrogen) atoms. The number of hydrogen-bond donors (Lipinski definition) is 7. The largest absolute Gasteiger partial charge is 0.507 e. The molecular weight excluding hydrogens is 558 g/mol. The van der Waals surface area contributed by atoms with E-state index in [2.05, 4.69) is 20.4 Å². The second kappa shape index (κ2) is 17.3. The summed E-state index contributed by atoms with van der Waals surface area (Å²) in [5.74, 6) is 1.61. The standard InChI is InChI=1S/C28H35N7O2.ClH.4H3N.4H2/c1-19-9-11-22(24(36)17-19)25(37)30-23-12-10-21(18-20(23)2)29-26-31-27(34-13-5-3-6-14-34)33-28(32-26)35-15-7-4-8-16-35;;;;;;;;;/h9-12,17-18,36H,3-8,13-16H2,1-2H3,(H,30,37)(H,29,31,32,33);1H;4*1H3;4*1H. The number of rotatable bonds is 6. The summed E-state index contributed by atoms with van der Waals surface area (Å²) in [6, 6.07) is 10.7. The van der Waals surface area contributed by atoms with Crippen molar-refractivity contribution in [2.45, 2.75) is 52.4 Å². The van der Waals surface area contributed by atoms with Gasteiger partial charge in [0.25, 0.3) is 5.91 Å². The van der Waals surface area contributed by atoms with Crippen molar-refractivity contribution >= 4 is 47.5 Å². The first-order valence-electron chi connectivity index (χ1n) is 13.2. The van der Waals surface area contributed by atoms with Crippen molar-refractivity contribution < 1.29 is 15.6 Å². The van der Waals surface area contributed by atoms with Crippen LogP contribution in [0.1, 0.15) is 65.7 Å². The SMILES string of the molecule is Cc1ccc(C(=O)Nc2ccc(Nc3nc(N4CCCCC4)nc(N4CCCCC4)n3)cc2C)c(O)c1.Cl.N.N.N.N.[HH].[HH].[HH].[HH]. The molecule has 0 saturated carbocycles. The molecule has 1 amide bonds. The lowest BCUT2D eigenvalue weighted by molar-refractivity contribution is 0.102. The van der Waals surface area contributed by atoms with E-state index in [1.165, 1.54) is 12.8 Å². The Morgan fingerprint density at radius 1 is 0.786 bits per heavy atom. The van der Waals surface area contributed by atoms with Gasteiger partial charge in [-0.1, -0.05) is 6.07 Å². The average molecular weight is 614 g/mol. The zero-order valence-electron chi connectivity index (χ0n) is 24.9. The fourth-order valence-electron chi connectivity index (χ4n) is 4.91. The van der Waals surface area contributed by atoms with Gasteiger partial charge >= 0.3 is 0 Å². The molecule has 2 saturated heterocycles. The molecule has 3 aromatic rings. The van der Waals surface area contributed by atoms with E-state index in [1.54, 1.807) is 18.2 Å². The van der Waals surface area contributed by atoms with E-state index >= 15 is 0 Å². The number of nitrogens with zero attached hydrogens (tertiary/aromatic N) is 5. The molecule has 2 fully saturated rings. The lowest BCUT2D eigenvalue weighted by Gasteiger charge is -2.30. The normalized spacial score (nSPS) is 14.0. The fraction of sp³-hybridized carbons (Fsp3) is 0.429. The number of amides is 1. The summed E-state index contributed by atoms with van der Waals surface area (Å²) in [4.78, 5) is 31.6. The van der Waals surface area contributed by atoms with E-state index < -0.39 is 0 Å². The summed E-state index contributed by atoms with van der Waals surface area (Å²) in [7, 11) is 0. The minimum atomic E-state index is -0.351. The number of anilines is 5. The maximum absolute atomic E-state index is 12.7. The van der Waals surface area contributed by atoms with Crippen molar-refractivity contribution in [2.75, 3.05) is 46.6 Å². The number of nitrogens with one attached hydrogen (secondary N) is 2. The zero-order chi connectivity index (χ0) is 25.8. The first kappa shape index (κ1) is 38.2. The molecule has 5 rings (SSSR count). The fourth-order valence-corrected chi connectivity index (χ4v) is 4.91. The van der Waals surface area contributed by atoms with Gasteiger partial charge in [-0.25, -0.2) is 0 Å². The minimum absolute atomic E-state index is 0. The molecule has 0 aliphatic carbocycles. The molecule has 242 valence electrons. The summed E-state index contributed by atoms with van der Waals surface area (Å²) < 4.78 is 0. The van der Waals surface area contributed by atoms with Gasteiger partial charge in [-0.05, 0) is 93.8 Å². The van der Waals surface area contributed by atoms with Crippen LogP contribution in [0.5, 0.6) is 5.75 Å². The third-order valence-corrected chi connectivity index (χ3v) is 7.02. The molecule has 0 spiro atoms. The van der Waals surface area contributed by atoms with Gasteiger partial charge in [-0.3, -0.25) is 4.79 Å². The second-order valence-corrected chi connectivity index (χ2v) is 9.98. The van der Waals surface area contributed by atoms with Crippen LogP contribution >= 0.6 is 12.4 Å². The van der Waals surface area contributed by atoms with Crippen molar-refractivity contribution in [1.82, 2.24) is 39.6 Å². The molecule has 3 heterocycles. The second-order valence-electron chi connectivity index (χ2n) is 9.98. The highest BCUT2D eigenvalue weighted by Gasteiger charge is 2.21. The van der Waals surface area contributed by atoms with Gasteiger partial charge in [0.15, 0.2) is 0 Å². The van der Waals surface area contributed by atoms with Gasteiger partial charge in [-0.2, -0.15) is 15.0 Å². The van der Waals surface area contributed by atoms with Gasteiger partial charge in [0.05, 0.1) is 5.56 Å². The van der Waals surface area contributed by atoms with Gasteiger partial charge in [0.1, 0.15) is 5.75 Å². The number of halogens is 1. The summed E-state index contributed by atoms with van der Waals surface area (Å²) in [6.07, 6.45) is 7.11. The summed E-state index contributed by atoms with van der Waals surface area (Å²) >= 11 is 0. The van der Waals surface area contributed by atoms with Crippen molar-refractivity contribution in [1.29, 1.82) is 0 Å². The van der Waals surface area contributed by atoms with Crippen LogP contribution in [0.4, 0.5) is 29.2 Å². The van der Waals surface area contributed by atoms with E-state index in [0.29, 0.717) is 11.6 Å². The molecule has 13 nitrogen and oxygen atoms in total. The summed E-state index contributed by atoms with van der Waals surface area (Å²) in [5.41, 5.74) is 3.52. The van der Waals surface area contributed by atoms with Crippen molar-refractivity contribution in [3.05, 3.63) is 53.1 Å². The van der Waals surface area contributed by atoms with E-state index in [1.807, 2.05) is 32.0 Å². The van der Waals surface area contributed by atoms with Crippen LogP contribution in [-0.2, 0) is 0 Å². The number of aromatic hydroxyl groups is 1. The minimum Gasteiger partial charge on any atom is -0.507 e. The first-order chi connectivity index (χ1) is 18.0. The van der Waals surface area contributed by atoms with Crippen LogP contribution in [0.2, 0.25) is 0 Å². The van der Waals surface area contributed by atoms with Gasteiger partial charge in [0, 0.05) is 43.3 Å². The van der Waals surface area contributed by atoms with Gasteiger partial charge < -0.3 is 50.1 Å². The number of aromatic nitrogens is 3. The predicted molar refractivity (Wildman–Crippen MR) is 183 cm³/mol. The Labute approximate surface area is 260 Å². The third kappa shape index (κ3) is 9.13. The highest BCUT2D eigenvalue weighted by atomic mass is 35.5. The molecule has 0 unspecified atom stereocenters. The average Bonchev–Trinajstić information content (AvgIpc) is 2.91. The Morgan fingerprint density at radius 3 is 1.83 bits per heavy atom. The molecule has 15 N–H and O–H groups in total. The third-order valence-electron chi connectivity index (χ3n) is 7.02. The maximum Gasteiger partial charge on any atom is 0.259 e. The lowest BCUT2D eigenvalue weighted by atomic mass is 10.1. The van der Waals surface area contributed by atoms with Crippen LogP contribution in [-0.4, -0.2) is 52.1 Å². The number of piperidine rings is 2. The van der Waals surface area contributed by atoms with Crippen LogP contribution in [0.3, 0.4) is 0 Å². The maximum atomic E-state index is 12.7. The van der Waals surface area contributed by atoms with E-state index in [4.69, 9.17) is 15.0 Å². The molecule has 2 aromatic carbocycles.